The second-order valence-corrected chi connectivity index (χ2v) is 29.8. The number of unbranched alkanes of at least 4 members (excludes halogenated alkanes) is 39. The maximum atomic E-state index is 13.1. The van der Waals surface area contributed by atoms with E-state index in [-0.39, 0.29) is 25.7 Å². The second kappa shape index (κ2) is 69.1. The molecule has 0 aliphatic carbocycles. The number of phosphoric ester groups is 2. The summed E-state index contributed by atoms with van der Waals surface area (Å²) in [7, 11) is -9.94. The van der Waals surface area contributed by atoms with Crippen LogP contribution in [0.1, 0.15) is 356 Å². The average molecular weight is 1400 g/mol. The molecule has 0 aliphatic heterocycles. The third-order valence-electron chi connectivity index (χ3n) is 16.8. The Morgan fingerprint density at radius 1 is 0.323 bits per heavy atom. The Bertz CT molecular complexity index is 2030. The third-order valence-corrected chi connectivity index (χ3v) is 18.7. The lowest BCUT2D eigenvalue weighted by molar-refractivity contribution is -0.161. The highest BCUT2D eigenvalue weighted by molar-refractivity contribution is 7.47. The van der Waals surface area contributed by atoms with Gasteiger partial charge >= 0.3 is 39.5 Å². The summed E-state index contributed by atoms with van der Waals surface area (Å²) in [6, 6.07) is 0. The zero-order valence-electron chi connectivity index (χ0n) is 61.5. The van der Waals surface area contributed by atoms with Crippen molar-refractivity contribution in [1.82, 2.24) is 0 Å². The van der Waals surface area contributed by atoms with Gasteiger partial charge in [-0.05, 0) is 83.0 Å². The van der Waals surface area contributed by atoms with E-state index in [1.807, 2.05) is 0 Å². The van der Waals surface area contributed by atoms with Crippen molar-refractivity contribution in [2.75, 3.05) is 39.6 Å². The Labute approximate surface area is 585 Å². The molecule has 0 rings (SSSR count). The van der Waals surface area contributed by atoms with Crippen molar-refractivity contribution in [3.63, 3.8) is 0 Å². The number of esters is 4. The standard InChI is InChI=1S/C77H142O17P2/c1-6-9-12-15-18-21-24-27-30-33-36-39-42-47-53-58-63-76(81)93-72(66-87-74(79)60-55-50-45-40-37-34-31-28-25-22-19-16-13-10-7-2)68-91-95(83,84)89-64-71(78)65-90-96(85,86)92-69-73(67-88-75(80)61-56-51-48-43-44-49-54-59-70(4)5)94-77(82)62-57-52-46-41-38-35-32-29-26-23-20-17-14-11-8-3/h22-23,25-26,28-29,31-32,70-73,78H,6-21,24,27,30,33-69H2,1-5H3,(H,83,84)(H,85,86)/b25-22-,26-23-,31-28-,32-29-/t71-,72-,73-/m1/s1. The first-order chi connectivity index (χ1) is 46.5. The highest BCUT2D eigenvalue weighted by Gasteiger charge is 2.30. The molecule has 0 saturated heterocycles. The molecule has 0 bridgehead atoms. The van der Waals surface area contributed by atoms with Crippen LogP contribution in [0, 0.1) is 5.92 Å². The van der Waals surface area contributed by atoms with Crippen molar-refractivity contribution in [3.8, 4) is 0 Å². The van der Waals surface area contributed by atoms with Crippen LogP contribution < -0.4 is 0 Å². The molecular formula is C77H142O17P2. The second-order valence-electron chi connectivity index (χ2n) is 26.8. The fourth-order valence-corrected chi connectivity index (χ4v) is 12.4. The Balaban J connectivity index is 5.32. The fourth-order valence-electron chi connectivity index (χ4n) is 10.8. The number of aliphatic hydroxyl groups is 1. The molecule has 17 nitrogen and oxygen atoms in total. The maximum Gasteiger partial charge on any atom is 0.472 e. The maximum absolute atomic E-state index is 13.1. The van der Waals surface area contributed by atoms with Gasteiger partial charge < -0.3 is 33.8 Å². The van der Waals surface area contributed by atoms with E-state index in [4.69, 9.17) is 37.0 Å². The quantitative estimate of drug-likeness (QED) is 0.0169. The van der Waals surface area contributed by atoms with Gasteiger partial charge in [0.25, 0.3) is 0 Å². The largest absolute Gasteiger partial charge is 0.472 e. The first-order valence-electron chi connectivity index (χ1n) is 38.8. The summed E-state index contributed by atoms with van der Waals surface area (Å²) in [4.78, 5) is 72.8. The summed E-state index contributed by atoms with van der Waals surface area (Å²) >= 11 is 0. The number of aliphatic hydroxyl groups excluding tert-OH is 1. The lowest BCUT2D eigenvalue weighted by atomic mass is 10.0. The lowest BCUT2D eigenvalue weighted by Crippen LogP contribution is -2.30. The molecule has 0 heterocycles. The van der Waals surface area contributed by atoms with E-state index in [2.05, 4.69) is 83.2 Å². The van der Waals surface area contributed by atoms with E-state index < -0.39 is 97.5 Å². The van der Waals surface area contributed by atoms with Gasteiger partial charge in [-0.15, -0.1) is 0 Å². The van der Waals surface area contributed by atoms with Crippen LogP contribution in [-0.2, 0) is 65.4 Å². The molecule has 562 valence electrons. The first kappa shape index (κ1) is 93.0. The van der Waals surface area contributed by atoms with Crippen LogP contribution in [0.3, 0.4) is 0 Å². The van der Waals surface area contributed by atoms with E-state index in [1.165, 1.54) is 141 Å². The van der Waals surface area contributed by atoms with Gasteiger partial charge in [0.15, 0.2) is 12.2 Å². The number of rotatable bonds is 73. The summed E-state index contributed by atoms with van der Waals surface area (Å²) in [5.41, 5.74) is 0. The molecule has 0 aromatic rings. The highest BCUT2D eigenvalue weighted by Crippen LogP contribution is 2.45. The molecule has 5 atom stereocenters. The zero-order chi connectivity index (χ0) is 70.5. The van der Waals surface area contributed by atoms with E-state index in [9.17, 15) is 43.2 Å². The molecule has 19 heteroatoms. The summed E-state index contributed by atoms with van der Waals surface area (Å²) < 4.78 is 68.5. The molecule has 3 N–H and O–H groups in total. The Morgan fingerprint density at radius 3 is 0.854 bits per heavy atom. The van der Waals surface area contributed by atoms with Crippen LogP contribution in [0.25, 0.3) is 0 Å². The van der Waals surface area contributed by atoms with Crippen LogP contribution in [-0.4, -0.2) is 96.7 Å². The number of hydrogen-bond acceptors (Lipinski definition) is 15. The number of carbonyl (C=O) groups is 4. The number of carbonyl (C=O) groups excluding carboxylic acids is 4. The fraction of sp³-hybridized carbons (Fsp3) is 0.844. The minimum Gasteiger partial charge on any atom is -0.462 e. The van der Waals surface area contributed by atoms with Crippen LogP contribution in [0.5, 0.6) is 0 Å². The van der Waals surface area contributed by atoms with Gasteiger partial charge in [0, 0.05) is 25.7 Å². The number of hydrogen-bond donors (Lipinski definition) is 3. The number of allylic oxidation sites excluding steroid dienone is 8. The highest BCUT2D eigenvalue weighted by atomic mass is 31.2. The number of ether oxygens (including phenoxy) is 4. The van der Waals surface area contributed by atoms with Gasteiger partial charge in [-0.3, -0.25) is 37.3 Å². The molecule has 0 fully saturated rings. The van der Waals surface area contributed by atoms with Gasteiger partial charge in [-0.1, -0.05) is 302 Å². The lowest BCUT2D eigenvalue weighted by Gasteiger charge is -2.21. The minimum absolute atomic E-state index is 0.0821. The van der Waals surface area contributed by atoms with E-state index in [0.717, 1.165) is 128 Å². The topological polar surface area (TPSA) is 237 Å². The minimum atomic E-state index is -4.97. The molecular weight excluding hydrogens is 1260 g/mol. The zero-order valence-corrected chi connectivity index (χ0v) is 63.3. The average Bonchev–Trinajstić information content (AvgIpc) is 1.61. The van der Waals surface area contributed by atoms with Crippen LogP contribution in [0.4, 0.5) is 0 Å². The van der Waals surface area contributed by atoms with Crippen molar-refractivity contribution in [1.29, 1.82) is 0 Å². The monoisotopic (exact) mass is 1400 g/mol. The normalized spacial score (nSPS) is 14.3. The van der Waals surface area contributed by atoms with Gasteiger partial charge in [-0.25, -0.2) is 9.13 Å². The molecule has 0 aromatic carbocycles. The molecule has 96 heavy (non-hydrogen) atoms. The first-order valence-corrected chi connectivity index (χ1v) is 41.8. The van der Waals surface area contributed by atoms with Gasteiger partial charge in [-0.2, -0.15) is 0 Å². The summed E-state index contributed by atoms with van der Waals surface area (Å²) in [6.07, 6.45) is 64.1. The van der Waals surface area contributed by atoms with Crippen molar-refractivity contribution in [2.45, 2.75) is 374 Å². The molecule has 0 saturated carbocycles. The van der Waals surface area contributed by atoms with Gasteiger partial charge in [0.05, 0.1) is 26.4 Å². The summed E-state index contributed by atoms with van der Waals surface area (Å²) in [5.74, 6) is -1.47. The van der Waals surface area contributed by atoms with Crippen LogP contribution in [0.2, 0.25) is 0 Å². The van der Waals surface area contributed by atoms with Gasteiger partial charge in [0.1, 0.15) is 19.3 Å². The molecule has 2 unspecified atom stereocenters. The SMILES string of the molecule is CCCCCC/C=C\C=C/CCCCCCCC(=O)OC[C@H](COP(=O)(O)OC[C@@H](O)COP(=O)(O)OC[C@@H](COC(=O)CCCCCCCCCC(C)C)OC(=O)CCCCCCC/C=C\C=C/CCCCCC)OC(=O)CCCCCCCCCCCCCCCCCC. The predicted molar refractivity (Wildman–Crippen MR) is 390 cm³/mol. The van der Waals surface area contributed by atoms with Crippen molar-refractivity contribution in [3.05, 3.63) is 48.6 Å². The number of phosphoric acid groups is 2. The Morgan fingerprint density at radius 2 is 0.562 bits per heavy atom. The van der Waals surface area contributed by atoms with E-state index in [1.54, 1.807) is 0 Å². The van der Waals surface area contributed by atoms with Crippen LogP contribution >= 0.6 is 15.6 Å². The summed E-state index contributed by atoms with van der Waals surface area (Å²) in [6.45, 7) is 7.11. The van der Waals surface area contributed by atoms with E-state index in [0.29, 0.717) is 31.6 Å². The van der Waals surface area contributed by atoms with Gasteiger partial charge in [0.2, 0.25) is 0 Å². The molecule has 0 aromatic heterocycles. The third kappa shape index (κ3) is 69.5. The van der Waals surface area contributed by atoms with Crippen LogP contribution in [0.15, 0.2) is 48.6 Å². The summed E-state index contributed by atoms with van der Waals surface area (Å²) in [5, 5.41) is 10.6. The predicted octanol–water partition coefficient (Wildman–Crippen LogP) is 22.0. The Hall–Kier alpha value is -2.98. The smallest absolute Gasteiger partial charge is 0.462 e. The van der Waals surface area contributed by atoms with Crippen molar-refractivity contribution in [2.24, 2.45) is 5.92 Å². The Kier molecular flexibility index (Phi) is 67.0. The molecule has 0 radical (unpaired) electrons. The molecule has 0 aliphatic rings. The van der Waals surface area contributed by atoms with Crippen molar-refractivity contribution < 1.29 is 80.2 Å². The molecule has 0 spiro atoms. The van der Waals surface area contributed by atoms with Crippen molar-refractivity contribution >= 4 is 39.5 Å². The van der Waals surface area contributed by atoms with E-state index >= 15 is 0 Å². The molecule has 0 amide bonds.